The van der Waals surface area contributed by atoms with Gasteiger partial charge in [0.2, 0.25) is 5.95 Å². The van der Waals surface area contributed by atoms with Gasteiger partial charge in [0.15, 0.2) is 11.9 Å². The average molecular weight is 296 g/mol. The maximum atomic E-state index is 11.8. The summed E-state index contributed by atoms with van der Waals surface area (Å²) in [6, 6.07) is 1.58. The molecule has 1 fully saturated rings. The van der Waals surface area contributed by atoms with Crippen LogP contribution >= 0.6 is 0 Å². The molecule has 5 N–H and O–H groups in total. The zero-order valence-corrected chi connectivity index (χ0v) is 11.3. The van der Waals surface area contributed by atoms with Crippen molar-refractivity contribution in [2.45, 2.75) is 24.5 Å². The van der Waals surface area contributed by atoms with Crippen molar-refractivity contribution in [1.29, 1.82) is 0 Å². The molecule has 0 spiro atoms. The summed E-state index contributed by atoms with van der Waals surface area (Å²) in [6.45, 7) is -0.340. The Hall–Kier alpha value is -1.94. The number of hydrogen-bond acceptors (Lipinski definition) is 7. The topological polar surface area (TPSA) is 136 Å². The van der Waals surface area contributed by atoms with Crippen molar-refractivity contribution >= 4 is 17.0 Å². The summed E-state index contributed by atoms with van der Waals surface area (Å²) < 4.78 is 12.4. The second-order valence-corrected chi connectivity index (χ2v) is 4.85. The third-order valence-corrected chi connectivity index (χ3v) is 3.64. The number of methoxy groups -OCH3 is 1. The quantitative estimate of drug-likeness (QED) is 0.545. The van der Waals surface area contributed by atoms with Gasteiger partial charge in [0, 0.05) is 13.3 Å². The molecule has 0 aromatic carbocycles. The maximum absolute atomic E-state index is 11.8. The highest BCUT2D eigenvalue weighted by Gasteiger charge is 2.45. The molecule has 114 valence electrons. The number of aliphatic hydroxyl groups is 2. The van der Waals surface area contributed by atoms with Crippen LogP contribution in [0.3, 0.4) is 0 Å². The van der Waals surface area contributed by atoms with E-state index >= 15 is 0 Å². The van der Waals surface area contributed by atoms with Crippen LogP contribution in [-0.4, -0.2) is 56.8 Å². The fourth-order valence-electron chi connectivity index (χ4n) is 2.61. The van der Waals surface area contributed by atoms with Crippen molar-refractivity contribution < 1.29 is 19.7 Å². The van der Waals surface area contributed by atoms with Gasteiger partial charge in [0.1, 0.15) is 18.3 Å². The van der Waals surface area contributed by atoms with Gasteiger partial charge in [-0.15, -0.1) is 0 Å². The number of nitrogens with two attached hydrogens (primary N) is 1. The van der Waals surface area contributed by atoms with E-state index in [-0.39, 0.29) is 18.1 Å². The Labute approximate surface area is 118 Å². The number of H-pyrrole nitrogens is 1. The summed E-state index contributed by atoms with van der Waals surface area (Å²) in [5.74, 6) is -0.0151. The lowest BCUT2D eigenvalue weighted by Crippen LogP contribution is -2.34. The van der Waals surface area contributed by atoms with Crippen LogP contribution in [0.15, 0.2) is 17.1 Å². The van der Waals surface area contributed by atoms with E-state index in [1.807, 2.05) is 0 Å². The van der Waals surface area contributed by atoms with Crippen LogP contribution < -0.4 is 11.3 Å². The van der Waals surface area contributed by atoms with Crippen LogP contribution in [-0.2, 0) is 9.47 Å². The Morgan fingerprint density at radius 2 is 2.38 bits per heavy atom. The number of anilines is 1. The van der Waals surface area contributed by atoms with E-state index in [2.05, 4.69) is 9.97 Å². The molecule has 0 bridgehead atoms. The van der Waals surface area contributed by atoms with Crippen LogP contribution in [0.5, 0.6) is 0 Å². The van der Waals surface area contributed by atoms with E-state index in [1.54, 1.807) is 16.8 Å². The Balaban J connectivity index is 2.10. The molecule has 2 aromatic heterocycles. The molecule has 3 rings (SSSR count). The van der Waals surface area contributed by atoms with Crippen LogP contribution in [0.1, 0.15) is 6.23 Å². The third-order valence-electron chi connectivity index (χ3n) is 3.64. The lowest BCUT2D eigenvalue weighted by molar-refractivity contribution is -0.0580. The molecule has 0 radical (unpaired) electrons. The molecule has 0 amide bonds. The molecular weight excluding hydrogens is 280 g/mol. The summed E-state index contributed by atoms with van der Waals surface area (Å²) in [7, 11) is 1.43. The van der Waals surface area contributed by atoms with Crippen molar-refractivity contribution in [3.63, 3.8) is 0 Å². The van der Waals surface area contributed by atoms with E-state index in [0.717, 1.165) is 0 Å². The Kier molecular flexibility index (Phi) is 3.41. The highest BCUT2D eigenvalue weighted by Crippen LogP contribution is 2.33. The standard InChI is InChI=1S/C12H16N4O5/c1-20-8-7(18)6(4-17)21-11(8)16-3-2-5-9(16)14-12(13)15-10(5)19/h2-3,6-8,11,17-18H,4H2,1H3,(H3,13,14,15,19)/t6-,7+,8?,11-/m1/s1. The highest BCUT2D eigenvalue weighted by atomic mass is 16.6. The maximum Gasteiger partial charge on any atom is 0.261 e. The Morgan fingerprint density at radius 1 is 1.62 bits per heavy atom. The van der Waals surface area contributed by atoms with E-state index in [1.165, 1.54) is 7.11 Å². The van der Waals surface area contributed by atoms with Gasteiger partial charge in [0.25, 0.3) is 5.56 Å². The first-order valence-corrected chi connectivity index (χ1v) is 6.40. The van der Waals surface area contributed by atoms with Crippen LogP contribution in [0.25, 0.3) is 11.0 Å². The minimum atomic E-state index is -0.984. The van der Waals surface area contributed by atoms with Crippen molar-refractivity contribution in [2.24, 2.45) is 0 Å². The number of ether oxygens (including phenoxy) is 2. The predicted octanol–water partition coefficient (Wildman–Crippen LogP) is -1.43. The summed E-state index contributed by atoms with van der Waals surface area (Å²) in [6.07, 6.45) is -1.55. The number of aromatic amines is 1. The van der Waals surface area contributed by atoms with Crippen molar-refractivity contribution in [2.75, 3.05) is 19.5 Å². The van der Waals surface area contributed by atoms with Gasteiger partial charge in [0.05, 0.1) is 12.0 Å². The number of nitrogen functional groups attached to an aromatic ring is 1. The first kappa shape index (κ1) is 14.0. The van der Waals surface area contributed by atoms with Gasteiger partial charge in [-0.2, -0.15) is 4.98 Å². The molecule has 0 saturated carbocycles. The number of fused-ring (bicyclic) bond motifs is 1. The highest BCUT2D eigenvalue weighted by molar-refractivity contribution is 5.76. The zero-order chi connectivity index (χ0) is 15.1. The number of hydrogen-bond donors (Lipinski definition) is 4. The SMILES string of the molecule is COC1[C@@H](O)[C@@H](CO)O[C@H]1n1ccc2c(=O)[nH]c(N)nc21. The predicted molar refractivity (Wildman–Crippen MR) is 72.6 cm³/mol. The number of nitrogens with one attached hydrogen (secondary N) is 1. The second-order valence-electron chi connectivity index (χ2n) is 4.85. The lowest BCUT2D eigenvalue weighted by Gasteiger charge is -2.20. The molecule has 0 aliphatic carbocycles. The van der Waals surface area contributed by atoms with Crippen LogP contribution in [0.4, 0.5) is 5.95 Å². The zero-order valence-electron chi connectivity index (χ0n) is 11.3. The summed E-state index contributed by atoms with van der Waals surface area (Å²) in [4.78, 5) is 18.3. The fourth-order valence-corrected chi connectivity index (χ4v) is 2.61. The monoisotopic (exact) mass is 296 g/mol. The molecule has 21 heavy (non-hydrogen) atoms. The van der Waals surface area contributed by atoms with Gasteiger partial charge in [-0.3, -0.25) is 9.78 Å². The molecule has 3 heterocycles. The molecule has 1 saturated heterocycles. The van der Waals surface area contributed by atoms with Gasteiger partial charge in [-0.05, 0) is 6.07 Å². The lowest BCUT2D eigenvalue weighted by atomic mass is 10.1. The average Bonchev–Trinajstić information content (AvgIpc) is 2.99. The molecular formula is C12H16N4O5. The minimum Gasteiger partial charge on any atom is -0.394 e. The smallest absolute Gasteiger partial charge is 0.261 e. The van der Waals surface area contributed by atoms with E-state index in [0.29, 0.717) is 11.0 Å². The van der Waals surface area contributed by atoms with E-state index in [4.69, 9.17) is 15.2 Å². The largest absolute Gasteiger partial charge is 0.394 e. The van der Waals surface area contributed by atoms with Crippen molar-refractivity contribution in [3.05, 3.63) is 22.6 Å². The van der Waals surface area contributed by atoms with Gasteiger partial charge < -0.3 is 30.0 Å². The third kappa shape index (κ3) is 2.10. The first-order chi connectivity index (χ1) is 10.1. The summed E-state index contributed by atoms with van der Waals surface area (Å²) in [5, 5.41) is 19.6. The molecule has 9 nitrogen and oxygen atoms in total. The number of aliphatic hydroxyl groups excluding tert-OH is 2. The van der Waals surface area contributed by atoms with Crippen molar-refractivity contribution in [3.8, 4) is 0 Å². The van der Waals surface area contributed by atoms with Crippen molar-refractivity contribution in [1.82, 2.24) is 14.5 Å². The Morgan fingerprint density at radius 3 is 3.05 bits per heavy atom. The van der Waals surface area contributed by atoms with E-state index < -0.39 is 24.5 Å². The van der Waals surface area contributed by atoms with Crippen LogP contribution in [0.2, 0.25) is 0 Å². The number of rotatable bonds is 3. The summed E-state index contributed by atoms with van der Waals surface area (Å²) in [5.41, 5.74) is 5.53. The number of aromatic nitrogens is 3. The molecule has 1 aliphatic heterocycles. The molecule has 2 aromatic rings. The van der Waals surface area contributed by atoms with Gasteiger partial charge in [-0.1, -0.05) is 0 Å². The molecule has 1 unspecified atom stereocenters. The second kappa shape index (κ2) is 5.11. The molecule has 1 aliphatic rings. The first-order valence-electron chi connectivity index (χ1n) is 6.40. The summed E-state index contributed by atoms with van der Waals surface area (Å²) >= 11 is 0. The normalized spacial score (nSPS) is 29.3. The van der Waals surface area contributed by atoms with Gasteiger partial charge >= 0.3 is 0 Å². The Bertz CT molecular complexity index is 711. The number of nitrogens with zero attached hydrogens (tertiary/aromatic N) is 2. The van der Waals surface area contributed by atoms with Gasteiger partial charge in [-0.25, -0.2) is 0 Å². The minimum absolute atomic E-state index is 0.0151. The molecule has 9 heteroatoms. The fraction of sp³-hybridized carbons (Fsp3) is 0.500. The van der Waals surface area contributed by atoms with E-state index in [9.17, 15) is 15.0 Å². The molecule has 4 atom stereocenters. The van der Waals surface area contributed by atoms with Crippen LogP contribution in [0, 0.1) is 0 Å².